The third-order valence-corrected chi connectivity index (χ3v) is 5.25. The molecular formula is C15H15BrFNO2S. The molecule has 0 unspecified atom stereocenters. The van der Waals surface area contributed by atoms with Crippen LogP contribution in [0.25, 0.3) is 0 Å². The van der Waals surface area contributed by atoms with Crippen molar-refractivity contribution in [2.24, 2.45) is 0 Å². The molecule has 0 amide bonds. The summed E-state index contributed by atoms with van der Waals surface area (Å²) in [5, 5.41) is 0. The summed E-state index contributed by atoms with van der Waals surface area (Å²) in [4.78, 5) is 0.138. The van der Waals surface area contributed by atoms with Gasteiger partial charge in [0.1, 0.15) is 5.82 Å². The van der Waals surface area contributed by atoms with Crippen molar-refractivity contribution in [1.82, 2.24) is 4.72 Å². The first-order chi connectivity index (χ1) is 9.79. The minimum atomic E-state index is -3.68. The molecule has 21 heavy (non-hydrogen) atoms. The second-order valence-corrected chi connectivity index (χ2v) is 7.44. The Balaban J connectivity index is 2.27. The van der Waals surface area contributed by atoms with Gasteiger partial charge < -0.3 is 0 Å². The van der Waals surface area contributed by atoms with Gasteiger partial charge in [0, 0.05) is 11.0 Å². The van der Waals surface area contributed by atoms with Crippen molar-refractivity contribution in [3.63, 3.8) is 0 Å². The summed E-state index contributed by atoms with van der Waals surface area (Å²) in [6.45, 7) is 3.35. The van der Waals surface area contributed by atoms with Crippen LogP contribution >= 0.6 is 15.9 Å². The van der Waals surface area contributed by atoms with Crippen molar-refractivity contribution in [2.45, 2.75) is 25.3 Å². The van der Waals surface area contributed by atoms with Gasteiger partial charge in [0.15, 0.2) is 0 Å². The highest BCUT2D eigenvalue weighted by atomic mass is 79.9. The van der Waals surface area contributed by atoms with Crippen LogP contribution in [0.4, 0.5) is 4.39 Å². The molecule has 0 bridgehead atoms. The summed E-state index contributed by atoms with van der Waals surface area (Å²) < 4.78 is 41.5. The molecule has 0 aliphatic rings. The molecule has 0 spiro atoms. The predicted octanol–water partition coefficient (Wildman–Crippen LogP) is 3.68. The zero-order valence-electron chi connectivity index (χ0n) is 11.7. The van der Waals surface area contributed by atoms with Crippen molar-refractivity contribution in [2.75, 3.05) is 0 Å². The Labute approximate surface area is 132 Å². The Hall–Kier alpha value is -1.24. The first-order valence-corrected chi connectivity index (χ1v) is 8.58. The largest absolute Gasteiger partial charge is 0.241 e. The number of rotatable bonds is 4. The van der Waals surface area contributed by atoms with Crippen LogP contribution < -0.4 is 4.72 Å². The summed E-state index contributed by atoms with van der Waals surface area (Å²) in [5.41, 5.74) is 1.63. The van der Waals surface area contributed by atoms with Crippen LogP contribution in [0, 0.1) is 19.7 Å². The van der Waals surface area contributed by atoms with Gasteiger partial charge in [0.05, 0.1) is 4.90 Å². The first-order valence-electron chi connectivity index (χ1n) is 6.30. The zero-order chi connectivity index (χ0) is 15.6. The Morgan fingerprint density at radius 2 is 1.76 bits per heavy atom. The lowest BCUT2D eigenvalue weighted by Gasteiger charge is -2.12. The summed E-state index contributed by atoms with van der Waals surface area (Å²) in [7, 11) is -3.68. The van der Waals surface area contributed by atoms with E-state index in [-0.39, 0.29) is 11.4 Å². The van der Waals surface area contributed by atoms with Crippen molar-refractivity contribution in [3.8, 4) is 0 Å². The average Bonchev–Trinajstić information content (AvgIpc) is 2.35. The van der Waals surface area contributed by atoms with Gasteiger partial charge in [0.2, 0.25) is 10.0 Å². The smallest absolute Gasteiger partial charge is 0.207 e. The third-order valence-electron chi connectivity index (χ3n) is 3.05. The highest BCUT2D eigenvalue weighted by Gasteiger charge is 2.20. The van der Waals surface area contributed by atoms with Gasteiger partial charge in [-0.2, -0.15) is 0 Å². The molecule has 0 heterocycles. The minimum absolute atomic E-state index is 0.138. The normalized spacial score (nSPS) is 11.6. The SMILES string of the molecule is Cc1cc(F)cc(C)c1S(=O)(=O)NCc1cccc(Br)c1. The van der Waals surface area contributed by atoms with Crippen LogP contribution in [0.2, 0.25) is 0 Å². The second kappa shape index (κ2) is 6.25. The van der Waals surface area contributed by atoms with Gasteiger partial charge in [0.25, 0.3) is 0 Å². The molecule has 0 radical (unpaired) electrons. The quantitative estimate of drug-likeness (QED) is 0.890. The Morgan fingerprint density at radius 3 is 2.33 bits per heavy atom. The van der Waals surface area contributed by atoms with Crippen LogP contribution in [-0.4, -0.2) is 8.42 Å². The first kappa shape index (κ1) is 16.1. The fraction of sp³-hybridized carbons (Fsp3) is 0.200. The highest BCUT2D eigenvalue weighted by Crippen LogP contribution is 2.21. The summed E-state index contributed by atoms with van der Waals surface area (Å²) >= 11 is 3.34. The van der Waals surface area contributed by atoms with E-state index in [1.54, 1.807) is 13.8 Å². The van der Waals surface area contributed by atoms with Gasteiger partial charge in [-0.15, -0.1) is 0 Å². The number of sulfonamides is 1. The molecule has 112 valence electrons. The maximum Gasteiger partial charge on any atom is 0.241 e. The van der Waals surface area contributed by atoms with E-state index >= 15 is 0 Å². The van der Waals surface area contributed by atoms with E-state index in [9.17, 15) is 12.8 Å². The number of aryl methyl sites for hydroxylation is 2. The molecule has 2 rings (SSSR count). The number of benzene rings is 2. The Morgan fingerprint density at radius 1 is 1.14 bits per heavy atom. The molecule has 1 N–H and O–H groups in total. The third kappa shape index (κ3) is 3.90. The number of hydrogen-bond donors (Lipinski definition) is 1. The van der Waals surface area contributed by atoms with E-state index in [0.29, 0.717) is 11.1 Å². The summed E-state index contributed by atoms with van der Waals surface area (Å²) in [6, 6.07) is 9.82. The fourth-order valence-corrected chi connectivity index (χ4v) is 4.13. The van der Waals surface area contributed by atoms with E-state index in [1.807, 2.05) is 24.3 Å². The zero-order valence-corrected chi connectivity index (χ0v) is 14.1. The second-order valence-electron chi connectivity index (χ2n) is 4.82. The lowest BCUT2D eigenvalue weighted by molar-refractivity contribution is 0.578. The molecule has 6 heteroatoms. The molecule has 2 aromatic carbocycles. The molecule has 0 aromatic heterocycles. The monoisotopic (exact) mass is 371 g/mol. The maximum atomic E-state index is 13.3. The Kier molecular flexibility index (Phi) is 4.81. The number of halogens is 2. The lowest BCUT2D eigenvalue weighted by atomic mass is 10.1. The molecule has 0 saturated carbocycles. The van der Waals surface area contributed by atoms with Crippen LogP contribution in [0.3, 0.4) is 0 Å². The minimum Gasteiger partial charge on any atom is -0.207 e. The highest BCUT2D eigenvalue weighted by molar-refractivity contribution is 9.10. The number of nitrogens with one attached hydrogen (secondary N) is 1. The van der Waals surface area contributed by atoms with Crippen LogP contribution in [0.5, 0.6) is 0 Å². The standard InChI is InChI=1S/C15H15BrFNO2S/c1-10-6-14(17)7-11(2)15(10)21(19,20)18-9-12-4-3-5-13(16)8-12/h3-8,18H,9H2,1-2H3. The maximum absolute atomic E-state index is 13.3. The molecule has 0 fully saturated rings. The average molecular weight is 372 g/mol. The van der Waals surface area contributed by atoms with Crippen LogP contribution in [0.1, 0.15) is 16.7 Å². The van der Waals surface area contributed by atoms with Gasteiger partial charge in [-0.25, -0.2) is 17.5 Å². The van der Waals surface area contributed by atoms with Crippen LogP contribution in [0.15, 0.2) is 45.8 Å². The molecule has 0 saturated heterocycles. The fourth-order valence-electron chi connectivity index (χ4n) is 2.22. The van der Waals surface area contributed by atoms with Crippen molar-refractivity contribution in [3.05, 3.63) is 63.4 Å². The van der Waals surface area contributed by atoms with Gasteiger partial charge >= 0.3 is 0 Å². The molecule has 0 aliphatic carbocycles. The molecule has 0 aliphatic heterocycles. The molecule has 0 atom stereocenters. The van der Waals surface area contributed by atoms with Gasteiger partial charge in [-0.1, -0.05) is 28.1 Å². The predicted molar refractivity (Wildman–Crippen MR) is 84.0 cm³/mol. The van der Waals surface area contributed by atoms with E-state index in [2.05, 4.69) is 20.7 Å². The lowest BCUT2D eigenvalue weighted by Crippen LogP contribution is -2.25. The van der Waals surface area contributed by atoms with Crippen LogP contribution in [-0.2, 0) is 16.6 Å². The number of hydrogen-bond acceptors (Lipinski definition) is 2. The van der Waals surface area contributed by atoms with E-state index in [1.165, 1.54) is 12.1 Å². The molecular weight excluding hydrogens is 357 g/mol. The topological polar surface area (TPSA) is 46.2 Å². The van der Waals surface area contributed by atoms with E-state index in [4.69, 9.17) is 0 Å². The van der Waals surface area contributed by atoms with Crippen molar-refractivity contribution < 1.29 is 12.8 Å². The van der Waals surface area contributed by atoms with Gasteiger partial charge in [-0.05, 0) is 54.8 Å². The van der Waals surface area contributed by atoms with Crippen molar-refractivity contribution >= 4 is 26.0 Å². The summed E-state index contributed by atoms with van der Waals surface area (Å²) in [6.07, 6.45) is 0. The van der Waals surface area contributed by atoms with E-state index in [0.717, 1.165) is 10.0 Å². The van der Waals surface area contributed by atoms with Gasteiger partial charge in [-0.3, -0.25) is 0 Å². The molecule has 2 aromatic rings. The Bertz CT molecular complexity index is 752. The van der Waals surface area contributed by atoms with Crippen molar-refractivity contribution in [1.29, 1.82) is 0 Å². The van der Waals surface area contributed by atoms with E-state index < -0.39 is 15.8 Å². The molecule has 3 nitrogen and oxygen atoms in total. The summed E-state index contributed by atoms with van der Waals surface area (Å²) in [5.74, 6) is -0.434.